The number of hydrogen-bond acceptors (Lipinski definition) is 6. The third-order valence-corrected chi connectivity index (χ3v) is 5.12. The van der Waals surface area contributed by atoms with Crippen molar-refractivity contribution >= 4 is 22.8 Å². The highest BCUT2D eigenvalue weighted by atomic mass is 16.5. The molecule has 0 N–H and O–H groups in total. The fraction of sp³-hybridized carbons (Fsp3) is 0.304. The van der Waals surface area contributed by atoms with Crippen LogP contribution >= 0.6 is 0 Å². The van der Waals surface area contributed by atoms with Crippen LogP contribution in [0.4, 0.5) is 0 Å². The summed E-state index contributed by atoms with van der Waals surface area (Å²) < 4.78 is 23.0. The normalized spacial score (nSPS) is 10.6. The van der Waals surface area contributed by atoms with Crippen molar-refractivity contribution in [1.29, 1.82) is 0 Å². The van der Waals surface area contributed by atoms with Gasteiger partial charge in [0.25, 0.3) is 0 Å². The Morgan fingerprint density at radius 1 is 0.903 bits per heavy atom. The Bertz CT molecular complexity index is 1120. The van der Waals surface area contributed by atoms with Crippen LogP contribution in [0.3, 0.4) is 0 Å². The molecule has 0 aliphatic carbocycles. The first-order chi connectivity index (χ1) is 14.9. The smallest absolute Gasteiger partial charge is 0.355 e. The van der Waals surface area contributed by atoms with Crippen LogP contribution in [0, 0.1) is 0 Å². The van der Waals surface area contributed by atoms with Gasteiger partial charge in [0.1, 0.15) is 18.0 Å². The van der Waals surface area contributed by atoms with Crippen LogP contribution in [-0.4, -0.2) is 63.9 Å². The molecule has 1 heterocycles. The summed E-state index contributed by atoms with van der Waals surface area (Å²) in [6.45, 7) is -0.0421. The molecule has 0 aliphatic rings. The van der Waals surface area contributed by atoms with Gasteiger partial charge < -0.3 is 28.4 Å². The number of methoxy groups -OCH3 is 4. The maximum atomic E-state index is 12.9. The van der Waals surface area contributed by atoms with Gasteiger partial charge in [-0.05, 0) is 23.8 Å². The molecule has 0 radical (unpaired) electrons. The van der Waals surface area contributed by atoms with Gasteiger partial charge in [-0.2, -0.15) is 0 Å². The molecule has 164 valence electrons. The van der Waals surface area contributed by atoms with E-state index >= 15 is 0 Å². The molecule has 3 aromatic rings. The molecule has 8 heteroatoms. The van der Waals surface area contributed by atoms with Crippen molar-refractivity contribution in [1.82, 2.24) is 9.47 Å². The van der Waals surface area contributed by atoms with E-state index < -0.39 is 5.97 Å². The predicted molar refractivity (Wildman–Crippen MR) is 117 cm³/mol. The molecule has 0 saturated heterocycles. The molecule has 1 amide bonds. The van der Waals surface area contributed by atoms with Crippen LogP contribution in [0.15, 0.2) is 36.4 Å². The molecule has 0 unspecified atom stereocenters. The predicted octanol–water partition coefficient (Wildman–Crippen LogP) is 3.21. The number of carbonyl (C=O) groups is 2. The molecular formula is C23H26N2O6. The first kappa shape index (κ1) is 22.0. The summed E-state index contributed by atoms with van der Waals surface area (Å²) in [7, 11) is 9.32. The Morgan fingerprint density at radius 3 is 2.03 bits per heavy atom. The zero-order valence-electron chi connectivity index (χ0n) is 18.5. The van der Waals surface area contributed by atoms with Gasteiger partial charge in [0, 0.05) is 31.1 Å². The van der Waals surface area contributed by atoms with E-state index in [0.29, 0.717) is 28.3 Å². The van der Waals surface area contributed by atoms with E-state index in [4.69, 9.17) is 18.9 Å². The molecule has 31 heavy (non-hydrogen) atoms. The molecule has 3 rings (SSSR count). The Kier molecular flexibility index (Phi) is 6.39. The van der Waals surface area contributed by atoms with Crippen LogP contribution in [0.25, 0.3) is 22.0 Å². The van der Waals surface area contributed by atoms with Gasteiger partial charge in [-0.1, -0.05) is 12.1 Å². The second-order valence-corrected chi connectivity index (χ2v) is 7.04. The average molecular weight is 426 g/mol. The van der Waals surface area contributed by atoms with Crippen LogP contribution < -0.4 is 14.2 Å². The summed E-state index contributed by atoms with van der Waals surface area (Å²) in [6.07, 6.45) is 0. The Labute approximate surface area is 180 Å². The zero-order valence-corrected chi connectivity index (χ0v) is 18.5. The lowest BCUT2D eigenvalue weighted by atomic mass is 10.0. The number of aromatic nitrogens is 1. The lowest BCUT2D eigenvalue weighted by Crippen LogP contribution is -2.27. The molecule has 0 bridgehead atoms. The molecular weight excluding hydrogens is 400 g/mol. The number of ether oxygens (including phenoxy) is 4. The van der Waals surface area contributed by atoms with Gasteiger partial charge in [0.05, 0.1) is 34.0 Å². The fourth-order valence-electron chi connectivity index (χ4n) is 3.47. The van der Waals surface area contributed by atoms with Crippen molar-refractivity contribution in [2.24, 2.45) is 0 Å². The Morgan fingerprint density at radius 2 is 1.52 bits per heavy atom. The van der Waals surface area contributed by atoms with E-state index in [9.17, 15) is 9.59 Å². The number of amides is 1. The molecule has 2 aromatic carbocycles. The van der Waals surface area contributed by atoms with Gasteiger partial charge >= 0.3 is 5.97 Å². The number of nitrogens with zero attached hydrogens (tertiary/aromatic N) is 2. The summed E-state index contributed by atoms with van der Waals surface area (Å²) >= 11 is 0. The third-order valence-electron chi connectivity index (χ3n) is 5.12. The first-order valence-electron chi connectivity index (χ1n) is 9.57. The Hall–Kier alpha value is -3.68. The van der Waals surface area contributed by atoms with Crippen molar-refractivity contribution in [3.8, 4) is 28.4 Å². The average Bonchev–Trinajstić information content (AvgIpc) is 3.10. The summed E-state index contributed by atoms with van der Waals surface area (Å²) in [5.41, 5.74) is 2.33. The number of hydrogen-bond donors (Lipinski definition) is 0. The topological polar surface area (TPSA) is 79.2 Å². The summed E-state index contributed by atoms with van der Waals surface area (Å²) in [4.78, 5) is 27.0. The van der Waals surface area contributed by atoms with E-state index in [0.717, 1.165) is 10.9 Å². The van der Waals surface area contributed by atoms with Gasteiger partial charge in [-0.15, -0.1) is 0 Å². The minimum absolute atomic E-state index is 0.0421. The van der Waals surface area contributed by atoms with Gasteiger partial charge in [0.2, 0.25) is 5.91 Å². The molecule has 0 atom stereocenters. The zero-order chi connectivity index (χ0) is 22.7. The second kappa shape index (κ2) is 8.99. The lowest BCUT2D eigenvalue weighted by Gasteiger charge is -2.15. The fourth-order valence-corrected chi connectivity index (χ4v) is 3.47. The highest BCUT2D eigenvalue weighted by Gasteiger charge is 2.27. The number of fused-ring (bicyclic) bond motifs is 1. The van der Waals surface area contributed by atoms with Crippen molar-refractivity contribution < 1.29 is 28.5 Å². The van der Waals surface area contributed by atoms with Crippen LogP contribution in [0.5, 0.6) is 17.2 Å². The van der Waals surface area contributed by atoms with Gasteiger partial charge in [-0.3, -0.25) is 4.79 Å². The van der Waals surface area contributed by atoms with Crippen molar-refractivity contribution in [3.05, 3.63) is 42.1 Å². The van der Waals surface area contributed by atoms with E-state index in [2.05, 4.69) is 0 Å². The van der Waals surface area contributed by atoms with Crippen LogP contribution in [-0.2, 0) is 16.1 Å². The minimum atomic E-state index is -0.550. The van der Waals surface area contributed by atoms with Gasteiger partial charge in [-0.25, -0.2) is 4.79 Å². The van der Waals surface area contributed by atoms with Crippen molar-refractivity contribution in [2.75, 3.05) is 42.5 Å². The van der Waals surface area contributed by atoms with E-state index in [1.165, 1.54) is 19.1 Å². The van der Waals surface area contributed by atoms with E-state index in [1.54, 1.807) is 45.0 Å². The van der Waals surface area contributed by atoms with Crippen molar-refractivity contribution in [2.45, 2.75) is 6.54 Å². The second-order valence-electron chi connectivity index (χ2n) is 7.04. The Balaban J connectivity index is 2.42. The number of likely N-dealkylation sites (N-methyl/N-ethyl adjacent to an activating group) is 1. The highest BCUT2D eigenvalue weighted by molar-refractivity contribution is 6.10. The van der Waals surface area contributed by atoms with Crippen LogP contribution in [0.1, 0.15) is 10.5 Å². The van der Waals surface area contributed by atoms with Gasteiger partial charge in [0.15, 0.2) is 11.5 Å². The van der Waals surface area contributed by atoms with Crippen molar-refractivity contribution in [3.63, 3.8) is 0 Å². The minimum Gasteiger partial charge on any atom is -0.497 e. The maximum Gasteiger partial charge on any atom is 0.355 e. The number of benzene rings is 2. The maximum absolute atomic E-state index is 12.9. The SMILES string of the molecule is COC(=O)c1c(-c2ccc(OC)cc2)c2cc(OC)c(OC)cc2n1CC(=O)N(C)C. The quantitative estimate of drug-likeness (QED) is 0.540. The first-order valence-corrected chi connectivity index (χ1v) is 9.57. The summed E-state index contributed by atoms with van der Waals surface area (Å²) in [5.74, 6) is 0.972. The molecule has 1 aromatic heterocycles. The monoisotopic (exact) mass is 426 g/mol. The van der Waals surface area contributed by atoms with E-state index in [-0.39, 0.29) is 18.1 Å². The number of rotatable bonds is 7. The van der Waals surface area contributed by atoms with E-state index in [1.807, 2.05) is 24.3 Å². The summed E-state index contributed by atoms with van der Waals surface area (Å²) in [5, 5.41) is 0.731. The number of esters is 1. The van der Waals surface area contributed by atoms with Crippen LogP contribution in [0.2, 0.25) is 0 Å². The molecule has 0 spiro atoms. The molecule has 0 fully saturated rings. The molecule has 0 aliphatic heterocycles. The molecule has 8 nitrogen and oxygen atoms in total. The standard InChI is InChI=1S/C23H26N2O6/c1-24(2)20(26)13-25-17-12-19(30-5)18(29-4)11-16(17)21(22(25)23(27)31-6)14-7-9-15(28-3)10-8-14/h7-12H,13H2,1-6H3. The lowest BCUT2D eigenvalue weighted by molar-refractivity contribution is -0.129. The largest absolute Gasteiger partial charge is 0.497 e. The number of carbonyl (C=O) groups excluding carboxylic acids is 2. The third kappa shape index (κ3) is 4.01. The summed E-state index contributed by atoms with van der Waals surface area (Å²) in [6, 6.07) is 10.9. The highest BCUT2D eigenvalue weighted by Crippen LogP contribution is 2.41. The molecule has 0 saturated carbocycles.